The van der Waals surface area contributed by atoms with E-state index in [1.807, 2.05) is 0 Å². The number of benzene rings is 1. The standard InChI is InChI=1S/C18H12BrClFN5O2/c19-11-3-10(4-12(21)5-11)15-7-14(18(28)25-8-17(27)23-9-25)24-26(15)13-1-2-22-16(20)6-13/h1-7H,8-9H2,(H,23,27). The Labute approximate surface area is 172 Å². The highest BCUT2D eigenvalue weighted by molar-refractivity contribution is 9.10. The first-order chi connectivity index (χ1) is 13.4. The Balaban J connectivity index is 1.84. The van der Waals surface area contributed by atoms with Crippen molar-refractivity contribution in [2.45, 2.75) is 0 Å². The third-order valence-corrected chi connectivity index (χ3v) is 4.79. The first kappa shape index (κ1) is 18.6. The lowest BCUT2D eigenvalue weighted by atomic mass is 10.1. The highest BCUT2D eigenvalue weighted by Crippen LogP contribution is 2.28. The Morgan fingerprint density at radius 3 is 2.75 bits per heavy atom. The van der Waals surface area contributed by atoms with E-state index in [0.717, 1.165) is 0 Å². The monoisotopic (exact) mass is 463 g/mol. The Morgan fingerprint density at radius 2 is 2.07 bits per heavy atom. The van der Waals surface area contributed by atoms with Gasteiger partial charge in [0.2, 0.25) is 5.91 Å². The SMILES string of the molecule is O=C1CN(C(=O)c2cc(-c3cc(F)cc(Br)c3)n(-c3ccnc(Cl)c3)n2)CN1. The molecule has 1 aliphatic rings. The van der Waals surface area contributed by atoms with Crippen LogP contribution < -0.4 is 5.32 Å². The molecule has 2 amide bonds. The molecule has 0 aliphatic carbocycles. The van der Waals surface area contributed by atoms with Gasteiger partial charge >= 0.3 is 0 Å². The van der Waals surface area contributed by atoms with Crippen LogP contribution in [0.25, 0.3) is 16.9 Å². The molecule has 0 radical (unpaired) electrons. The van der Waals surface area contributed by atoms with E-state index in [4.69, 9.17) is 11.6 Å². The van der Waals surface area contributed by atoms with E-state index in [0.29, 0.717) is 21.4 Å². The van der Waals surface area contributed by atoms with Gasteiger partial charge in [0, 0.05) is 22.3 Å². The van der Waals surface area contributed by atoms with Gasteiger partial charge in [-0.2, -0.15) is 5.10 Å². The van der Waals surface area contributed by atoms with E-state index >= 15 is 0 Å². The summed E-state index contributed by atoms with van der Waals surface area (Å²) in [6, 6.07) is 9.21. The zero-order valence-corrected chi connectivity index (χ0v) is 16.5. The number of carbonyl (C=O) groups is 2. The van der Waals surface area contributed by atoms with E-state index in [9.17, 15) is 14.0 Å². The van der Waals surface area contributed by atoms with Gasteiger partial charge < -0.3 is 10.2 Å². The molecule has 4 rings (SSSR count). The number of nitrogens with one attached hydrogen (secondary N) is 1. The van der Waals surface area contributed by atoms with Crippen LogP contribution >= 0.6 is 27.5 Å². The molecule has 1 aliphatic heterocycles. The Kier molecular flexibility index (Phi) is 4.86. The topological polar surface area (TPSA) is 80.1 Å². The Bertz CT molecular complexity index is 1080. The van der Waals surface area contributed by atoms with Crippen LogP contribution in [0.3, 0.4) is 0 Å². The fourth-order valence-corrected chi connectivity index (χ4v) is 3.52. The molecule has 0 saturated carbocycles. The van der Waals surface area contributed by atoms with Crippen molar-refractivity contribution < 1.29 is 14.0 Å². The molecule has 10 heteroatoms. The zero-order valence-electron chi connectivity index (χ0n) is 14.2. The smallest absolute Gasteiger partial charge is 0.276 e. The van der Waals surface area contributed by atoms with Crippen molar-refractivity contribution in [3.8, 4) is 16.9 Å². The molecule has 0 unspecified atom stereocenters. The van der Waals surface area contributed by atoms with E-state index in [1.165, 1.54) is 27.9 Å². The number of pyridine rings is 1. The maximum Gasteiger partial charge on any atom is 0.276 e. The predicted molar refractivity (Wildman–Crippen MR) is 104 cm³/mol. The molecule has 1 aromatic carbocycles. The van der Waals surface area contributed by atoms with Crippen LogP contribution in [-0.2, 0) is 4.79 Å². The number of hydrogen-bond acceptors (Lipinski definition) is 4. The third kappa shape index (κ3) is 3.63. The number of halogens is 3. The molecule has 0 spiro atoms. The maximum atomic E-state index is 14.0. The average Bonchev–Trinajstić information content (AvgIpc) is 3.27. The number of amides is 2. The minimum Gasteiger partial charge on any atom is -0.337 e. The summed E-state index contributed by atoms with van der Waals surface area (Å²) < 4.78 is 16.0. The molecule has 28 heavy (non-hydrogen) atoms. The van der Waals surface area contributed by atoms with E-state index < -0.39 is 11.7 Å². The largest absolute Gasteiger partial charge is 0.337 e. The highest BCUT2D eigenvalue weighted by Gasteiger charge is 2.27. The van der Waals surface area contributed by atoms with Crippen molar-refractivity contribution in [1.82, 2.24) is 25.0 Å². The third-order valence-electron chi connectivity index (χ3n) is 4.13. The van der Waals surface area contributed by atoms with Crippen LogP contribution in [0.2, 0.25) is 5.15 Å². The summed E-state index contributed by atoms with van der Waals surface area (Å²) in [5.41, 5.74) is 1.69. The molecular formula is C18H12BrClFN5O2. The summed E-state index contributed by atoms with van der Waals surface area (Å²) in [5.74, 6) is -1.08. The molecular weight excluding hydrogens is 453 g/mol. The zero-order chi connectivity index (χ0) is 19.8. The second kappa shape index (κ2) is 7.33. The second-order valence-electron chi connectivity index (χ2n) is 6.08. The predicted octanol–water partition coefficient (Wildman–Crippen LogP) is 3.02. The van der Waals surface area contributed by atoms with Crippen LogP contribution in [0.5, 0.6) is 0 Å². The minimum atomic E-state index is -0.438. The molecule has 0 atom stereocenters. The summed E-state index contributed by atoms with van der Waals surface area (Å²) in [5, 5.41) is 7.22. The van der Waals surface area contributed by atoms with Gasteiger partial charge in [0.25, 0.3) is 5.91 Å². The normalized spacial score (nSPS) is 13.7. The van der Waals surface area contributed by atoms with Crippen LogP contribution in [0.4, 0.5) is 4.39 Å². The molecule has 1 fully saturated rings. The Hall–Kier alpha value is -2.78. The molecule has 1 saturated heterocycles. The lowest BCUT2D eigenvalue weighted by Gasteiger charge is -2.10. The maximum absolute atomic E-state index is 14.0. The van der Waals surface area contributed by atoms with Crippen LogP contribution in [0.1, 0.15) is 10.5 Å². The molecule has 2 aromatic heterocycles. The van der Waals surface area contributed by atoms with Crippen LogP contribution in [0, 0.1) is 5.82 Å². The molecule has 7 nitrogen and oxygen atoms in total. The molecule has 142 valence electrons. The summed E-state index contributed by atoms with van der Waals surface area (Å²) >= 11 is 9.27. The van der Waals surface area contributed by atoms with Crippen molar-refractivity contribution >= 4 is 39.3 Å². The minimum absolute atomic E-state index is 0.0341. The van der Waals surface area contributed by atoms with E-state index in [1.54, 1.807) is 24.3 Å². The summed E-state index contributed by atoms with van der Waals surface area (Å²) in [6.07, 6.45) is 1.51. The first-order valence-electron chi connectivity index (χ1n) is 8.15. The number of hydrogen-bond donors (Lipinski definition) is 1. The van der Waals surface area contributed by atoms with Gasteiger partial charge in [-0.15, -0.1) is 0 Å². The number of aromatic nitrogens is 3. The average molecular weight is 465 g/mol. The van der Waals surface area contributed by atoms with Crippen molar-refractivity contribution in [2.75, 3.05) is 13.2 Å². The first-order valence-corrected chi connectivity index (χ1v) is 9.32. The van der Waals surface area contributed by atoms with Crippen LogP contribution in [-0.4, -0.2) is 44.7 Å². The van der Waals surface area contributed by atoms with Gasteiger partial charge in [-0.3, -0.25) is 9.59 Å². The van der Waals surface area contributed by atoms with Gasteiger partial charge in [0.1, 0.15) is 17.5 Å². The fourth-order valence-electron chi connectivity index (χ4n) is 2.89. The van der Waals surface area contributed by atoms with Crippen molar-refractivity contribution in [2.24, 2.45) is 0 Å². The summed E-state index contributed by atoms with van der Waals surface area (Å²) in [7, 11) is 0. The van der Waals surface area contributed by atoms with Crippen molar-refractivity contribution in [3.05, 3.63) is 63.7 Å². The molecule has 0 bridgehead atoms. The fraction of sp³-hybridized carbons (Fsp3) is 0.111. The van der Waals surface area contributed by atoms with E-state index in [2.05, 4.69) is 31.3 Å². The van der Waals surface area contributed by atoms with Gasteiger partial charge in [-0.05, 0) is 30.3 Å². The lowest BCUT2D eigenvalue weighted by molar-refractivity contribution is -0.118. The van der Waals surface area contributed by atoms with Gasteiger partial charge in [-0.25, -0.2) is 14.1 Å². The number of carbonyl (C=O) groups excluding carboxylic acids is 2. The van der Waals surface area contributed by atoms with Gasteiger partial charge in [-0.1, -0.05) is 27.5 Å². The van der Waals surface area contributed by atoms with Gasteiger partial charge in [0.05, 0.1) is 18.1 Å². The second-order valence-corrected chi connectivity index (χ2v) is 7.39. The summed E-state index contributed by atoms with van der Waals surface area (Å²) in [4.78, 5) is 29.5. The Morgan fingerprint density at radius 1 is 1.25 bits per heavy atom. The van der Waals surface area contributed by atoms with E-state index in [-0.39, 0.29) is 30.0 Å². The van der Waals surface area contributed by atoms with Crippen molar-refractivity contribution in [1.29, 1.82) is 0 Å². The quantitative estimate of drug-likeness (QED) is 0.604. The lowest BCUT2D eigenvalue weighted by Crippen LogP contribution is -2.30. The number of rotatable bonds is 3. The number of nitrogens with zero attached hydrogens (tertiary/aromatic N) is 4. The summed E-state index contributed by atoms with van der Waals surface area (Å²) in [6.45, 7) is 0.0834. The molecule has 1 N–H and O–H groups in total. The highest BCUT2D eigenvalue weighted by atomic mass is 79.9. The molecule has 3 heterocycles. The van der Waals surface area contributed by atoms with Crippen molar-refractivity contribution in [3.63, 3.8) is 0 Å². The molecule has 3 aromatic rings. The van der Waals surface area contributed by atoms with Gasteiger partial charge in [0.15, 0.2) is 5.69 Å². The van der Waals surface area contributed by atoms with Crippen LogP contribution in [0.15, 0.2) is 47.1 Å².